The first-order valence-corrected chi connectivity index (χ1v) is 10.1. The summed E-state index contributed by atoms with van der Waals surface area (Å²) >= 11 is 0. The van der Waals surface area contributed by atoms with Crippen LogP contribution in [-0.2, 0) is 0 Å². The number of amides is 3. The summed E-state index contributed by atoms with van der Waals surface area (Å²) in [5.41, 5.74) is 2.83. The van der Waals surface area contributed by atoms with E-state index < -0.39 is 0 Å². The summed E-state index contributed by atoms with van der Waals surface area (Å²) in [5, 5.41) is 5.74. The molecule has 0 aliphatic carbocycles. The van der Waals surface area contributed by atoms with Crippen LogP contribution in [0.4, 0.5) is 14.9 Å². The van der Waals surface area contributed by atoms with Crippen molar-refractivity contribution in [2.24, 2.45) is 0 Å². The molecule has 0 aromatic heterocycles. The molecule has 0 bridgehead atoms. The van der Waals surface area contributed by atoms with Crippen molar-refractivity contribution in [2.45, 2.75) is 45.6 Å². The van der Waals surface area contributed by atoms with Crippen LogP contribution in [0, 0.1) is 12.7 Å². The minimum Gasteiger partial charge on any atom is -0.336 e. The second-order valence-electron chi connectivity index (χ2n) is 7.93. The van der Waals surface area contributed by atoms with Crippen LogP contribution in [0.3, 0.4) is 0 Å². The Morgan fingerprint density at radius 1 is 1.17 bits per heavy atom. The van der Waals surface area contributed by atoms with Gasteiger partial charge in [-0.2, -0.15) is 0 Å². The first-order valence-electron chi connectivity index (χ1n) is 10.1. The summed E-state index contributed by atoms with van der Waals surface area (Å²) in [6.45, 7) is 7.09. The number of halogens is 1. The summed E-state index contributed by atoms with van der Waals surface area (Å²) in [4.78, 5) is 26.9. The van der Waals surface area contributed by atoms with Crippen LogP contribution in [0.5, 0.6) is 0 Å². The number of rotatable bonds is 4. The van der Waals surface area contributed by atoms with Crippen molar-refractivity contribution >= 4 is 17.6 Å². The molecule has 0 saturated carbocycles. The second-order valence-corrected chi connectivity index (χ2v) is 7.93. The minimum atomic E-state index is -0.387. The van der Waals surface area contributed by atoms with Gasteiger partial charge in [-0.1, -0.05) is 18.2 Å². The molecule has 1 aliphatic heterocycles. The van der Waals surface area contributed by atoms with Crippen LogP contribution in [0.25, 0.3) is 0 Å². The lowest BCUT2D eigenvalue weighted by atomic mass is 9.89. The molecule has 154 valence electrons. The molecule has 2 aromatic carbocycles. The van der Waals surface area contributed by atoms with Crippen LogP contribution in [0.15, 0.2) is 42.5 Å². The summed E-state index contributed by atoms with van der Waals surface area (Å²) in [6.07, 6.45) is 1.90. The number of aryl methyl sites for hydroxylation is 1. The molecular weight excluding hydrogens is 369 g/mol. The molecule has 2 aromatic rings. The van der Waals surface area contributed by atoms with E-state index in [0.29, 0.717) is 17.8 Å². The van der Waals surface area contributed by atoms with Crippen molar-refractivity contribution in [3.63, 3.8) is 0 Å². The zero-order valence-corrected chi connectivity index (χ0v) is 17.2. The number of urea groups is 1. The number of nitrogens with zero attached hydrogens (tertiary/aromatic N) is 1. The van der Waals surface area contributed by atoms with Crippen LogP contribution in [0.1, 0.15) is 54.1 Å². The summed E-state index contributed by atoms with van der Waals surface area (Å²) in [5.74, 6) is -0.474. The smallest absolute Gasteiger partial charge is 0.317 e. The molecule has 1 atom stereocenters. The Labute approximate surface area is 171 Å². The van der Waals surface area contributed by atoms with Gasteiger partial charge in [-0.25, -0.2) is 9.18 Å². The van der Waals surface area contributed by atoms with E-state index in [1.165, 1.54) is 12.1 Å². The van der Waals surface area contributed by atoms with E-state index in [0.717, 1.165) is 30.5 Å². The molecule has 0 radical (unpaired) electrons. The van der Waals surface area contributed by atoms with E-state index in [4.69, 9.17) is 0 Å². The molecule has 5 nitrogen and oxygen atoms in total. The van der Waals surface area contributed by atoms with Gasteiger partial charge in [0.2, 0.25) is 0 Å². The van der Waals surface area contributed by atoms with E-state index in [9.17, 15) is 14.0 Å². The number of benzene rings is 2. The van der Waals surface area contributed by atoms with E-state index in [1.54, 1.807) is 12.1 Å². The molecule has 2 N–H and O–H groups in total. The molecule has 1 aliphatic rings. The van der Waals surface area contributed by atoms with Gasteiger partial charge in [-0.3, -0.25) is 4.79 Å². The van der Waals surface area contributed by atoms with Gasteiger partial charge in [0.25, 0.3) is 5.91 Å². The molecule has 1 heterocycles. The highest BCUT2D eigenvalue weighted by Gasteiger charge is 2.25. The fourth-order valence-electron chi connectivity index (χ4n) is 3.63. The van der Waals surface area contributed by atoms with Crippen molar-refractivity contribution in [1.82, 2.24) is 10.2 Å². The van der Waals surface area contributed by atoms with E-state index in [2.05, 4.69) is 10.6 Å². The number of hydrogen-bond acceptors (Lipinski definition) is 2. The zero-order chi connectivity index (χ0) is 21.0. The largest absolute Gasteiger partial charge is 0.336 e. The van der Waals surface area contributed by atoms with E-state index in [1.807, 2.05) is 43.9 Å². The standard InChI is InChI=1S/C23H28FN3O2/c1-15(2)25-23(29)27-11-5-8-19(14-27)17-6-4-7-18(12-17)22(28)26-21-13-20(24)10-9-16(21)3/h4,6-7,9-10,12-13,15,19H,5,8,11,14H2,1-3H3,(H,25,29)(H,26,28). The van der Waals surface area contributed by atoms with E-state index in [-0.39, 0.29) is 29.7 Å². The SMILES string of the molecule is Cc1ccc(F)cc1NC(=O)c1cccc(C2CCCN(C(=O)NC(C)C)C2)c1. The van der Waals surface area contributed by atoms with E-state index >= 15 is 0 Å². The highest BCUT2D eigenvalue weighted by Crippen LogP contribution is 2.28. The van der Waals surface area contributed by atoms with Crippen molar-refractivity contribution in [1.29, 1.82) is 0 Å². The second kappa shape index (κ2) is 9.07. The first-order chi connectivity index (χ1) is 13.8. The van der Waals surface area contributed by atoms with Crippen LogP contribution < -0.4 is 10.6 Å². The average molecular weight is 397 g/mol. The lowest BCUT2D eigenvalue weighted by molar-refractivity contribution is 0.102. The molecule has 29 heavy (non-hydrogen) atoms. The molecule has 3 amide bonds. The van der Waals surface area contributed by atoms with Gasteiger partial charge in [0.15, 0.2) is 0 Å². The predicted octanol–water partition coefficient (Wildman–Crippen LogP) is 4.68. The third-order valence-electron chi connectivity index (χ3n) is 5.19. The molecule has 6 heteroatoms. The topological polar surface area (TPSA) is 61.4 Å². The Balaban J connectivity index is 1.72. The maximum Gasteiger partial charge on any atom is 0.317 e. The number of piperidine rings is 1. The maximum atomic E-state index is 13.5. The van der Waals surface area contributed by atoms with Crippen molar-refractivity contribution < 1.29 is 14.0 Å². The van der Waals surface area contributed by atoms with Crippen LogP contribution in [-0.4, -0.2) is 36.0 Å². The van der Waals surface area contributed by atoms with Crippen LogP contribution in [0.2, 0.25) is 0 Å². The van der Waals surface area contributed by atoms with Gasteiger partial charge in [0.05, 0.1) is 0 Å². The van der Waals surface area contributed by atoms with Crippen molar-refractivity contribution in [3.8, 4) is 0 Å². The number of carbonyl (C=O) groups is 2. The average Bonchev–Trinajstić information content (AvgIpc) is 2.70. The molecular formula is C23H28FN3O2. The van der Waals surface area contributed by atoms with Gasteiger partial charge in [0.1, 0.15) is 5.82 Å². The van der Waals surface area contributed by atoms with Crippen molar-refractivity contribution in [2.75, 3.05) is 18.4 Å². The van der Waals surface area contributed by atoms with Crippen LogP contribution >= 0.6 is 0 Å². The summed E-state index contributed by atoms with van der Waals surface area (Å²) in [6, 6.07) is 11.9. The van der Waals surface area contributed by atoms with Gasteiger partial charge < -0.3 is 15.5 Å². The maximum absolute atomic E-state index is 13.5. The third-order valence-corrected chi connectivity index (χ3v) is 5.19. The predicted molar refractivity (Wildman–Crippen MR) is 113 cm³/mol. The quantitative estimate of drug-likeness (QED) is 0.787. The molecule has 3 rings (SSSR count). The lowest BCUT2D eigenvalue weighted by Crippen LogP contribution is -2.47. The van der Waals surface area contributed by atoms with Gasteiger partial charge in [0, 0.05) is 36.3 Å². The van der Waals surface area contributed by atoms with Gasteiger partial charge in [-0.05, 0) is 69.0 Å². The normalized spacial score (nSPS) is 16.6. The number of carbonyl (C=O) groups excluding carboxylic acids is 2. The fourth-order valence-corrected chi connectivity index (χ4v) is 3.63. The molecule has 1 fully saturated rings. The first kappa shape index (κ1) is 20.8. The van der Waals surface area contributed by atoms with Gasteiger partial charge >= 0.3 is 6.03 Å². The Morgan fingerprint density at radius 3 is 2.72 bits per heavy atom. The number of anilines is 1. The zero-order valence-electron chi connectivity index (χ0n) is 17.2. The Hall–Kier alpha value is -2.89. The van der Waals surface area contributed by atoms with Gasteiger partial charge in [-0.15, -0.1) is 0 Å². The Bertz CT molecular complexity index is 897. The minimum absolute atomic E-state index is 0.0415. The fraction of sp³-hybridized carbons (Fsp3) is 0.391. The highest BCUT2D eigenvalue weighted by atomic mass is 19.1. The highest BCUT2D eigenvalue weighted by molar-refractivity contribution is 6.04. The molecule has 0 spiro atoms. The van der Waals surface area contributed by atoms with Crippen molar-refractivity contribution in [3.05, 3.63) is 65.0 Å². The Morgan fingerprint density at radius 2 is 1.97 bits per heavy atom. The Kier molecular flexibility index (Phi) is 6.52. The molecule has 1 saturated heterocycles. The molecule has 1 unspecified atom stereocenters. The summed E-state index contributed by atoms with van der Waals surface area (Å²) < 4.78 is 13.5. The monoisotopic (exact) mass is 397 g/mol. The lowest BCUT2D eigenvalue weighted by Gasteiger charge is -2.33. The number of likely N-dealkylation sites (tertiary alicyclic amines) is 1. The number of hydrogen-bond donors (Lipinski definition) is 2. The third kappa shape index (κ3) is 5.34. The number of nitrogens with one attached hydrogen (secondary N) is 2. The summed E-state index contributed by atoms with van der Waals surface area (Å²) in [7, 11) is 0.